The summed E-state index contributed by atoms with van der Waals surface area (Å²) >= 11 is 0. The zero-order chi connectivity index (χ0) is 14.2. The van der Waals surface area contributed by atoms with Gasteiger partial charge in [0.25, 0.3) is 0 Å². The van der Waals surface area contributed by atoms with Crippen molar-refractivity contribution in [1.29, 1.82) is 0 Å². The molecule has 0 unspecified atom stereocenters. The Kier molecular flexibility index (Phi) is 5.61. The highest BCUT2D eigenvalue weighted by molar-refractivity contribution is 6.59. The van der Waals surface area contributed by atoms with E-state index in [1.165, 1.54) is 0 Å². The molecule has 104 valence electrons. The summed E-state index contributed by atoms with van der Waals surface area (Å²) in [6, 6.07) is 16.6. The molecule has 0 saturated carbocycles. The average molecular weight is 272 g/mol. The number of hydrogen-bond acceptors (Lipinski definition) is 4. The molecule has 0 saturated heterocycles. The molecule has 0 aliphatic heterocycles. The molecule has 0 aromatic heterocycles. The first-order valence-corrected chi connectivity index (χ1v) is 6.47. The van der Waals surface area contributed by atoms with E-state index in [0.717, 1.165) is 11.3 Å². The highest BCUT2D eigenvalue weighted by Gasteiger charge is 2.14. The van der Waals surface area contributed by atoms with Crippen LogP contribution < -0.4 is 10.2 Å². The third-order valence-corrected chi connectivity index (χ3v) is 2.83. The van der Waals surface area contributed by atoms with Gasteiger partial charge in [0.2, 0.25) is 0 Å². The van der Waals surface area contributed by atoms with Gasteiger partial charge in [0.15, 0.2) is 0 Å². The minimum atomic E-state index is -1.48. The molecule has 0 atom stereocenters. The molecule has 0 aliphatic carbocycles. The van der Waals surface area contributed by atoms with Crippen molar-refractivity contribution < 1.29 is 19.5 Å². The number of hydrogen-bond donors (Lipinski definition) is 2. The van der Waals surface area contributed by atoms with Crippen LogP contribution in [0.2, 0.25) is 0 Å². The van der Waals surface area contributed by atoms with Crippen LogP contribution in [-0.2, 0) is 11.3 Å². The Morgan fingerprint density at radius 3 is 2.30 bits per heavy atom. The minimum Gasteiger partial charge on any atom is -0.491 e. The summed E-state index contributed by atoms with van der Waals surface area (Å²) in [5, 5.41) is 18.5. The Morgan fingerprint density at radius 1 is 0.850 bits per heavy atom. The van der Waals surface area contributed by atoms with Crippen molar-refractivity contribution in [2.45, 2.75) is 6.61 Å². The van der Waals surface area contributed by atoms with E-state index in [1.807, 2.05) is 42.5 Å². The van der Waals surface area contributed by atoms with Gasteiger partial charge in [-0.1, -0.05) is 42.5 Å². The first-order chi connectivity index (χ1) is 9.77. The molecule has 0 aliphatic rings. The molecular formula is C15H17BO4. The second-order valence-corrected chi connectivity index (χ2v) is 4.29. The fourth-order valence-corrected chi connectivity index (χ4v) is 1.83. The maximum atomic E-state index is 9.23. The van der Waals surface area contributed by atoms with E-state index in [2.05, 4.69) is 0 Å². The SMILES string of the molecule is OB(O)c1ccccc1COCCOc1ccccc1. The van der Waals surface area contributed by atoms with Gasteiger partial charge in [-0.3, -0.25) is 0 Å². The molecule has 0 bridgehead atoms. The summed E-state index contributed by atoms with van der Waals surface area (Å²) < 4.78 is 11.0. The van der Waals surface area contributed by atoms with Crippen LogP contribution >= 0.6 is 0 Å². The molecule has 0 amide bonds. The Labute approximate surface area is 118 Å². The number of para-hydroxylation sites is 1. The fourth-order valence-electron chi connectivity index (χ4n) is 1.83. The molecule has 5 heteroatoms. The summed E-state index contributed by atoms with van der Waals surface area (Å²) in [5.74, 6) is 0.808. The van der Waals surface area contributed by atoms with E-state index in [0.29, 0.717) is 25.3 Å². The zero-order valence-electron chi connectivity index (χ0n) is 11.1. The van der Waals surface area contributed by atoms with Crippen LogP contribution in [0.1, 0.15) is 5.56 Å². The van der Waals surface area contributed by atoms with Gasteiger partial charge in [-0.15, -0.1) is 0 Å². The molecular weight excluding hydrogens is 255 g/mol. The molecule has 2 aromatic carbocycles. The van der Waals surface area contributed by atoms with Crippen LogP contribution in [-0.4, -0.2) is 30.4 Å². The fraction of sp³-hybridized carbons (Fsp3) is 0.200. The van der Waals surface area contributed by atoms with Crippen molar-refractivity contribution in [1.82, 2.24) is 0 Å². The van der Waals surface area contributed by atoms with Gasteiger partial charge in [-0.2, -0.15) is 0 Å². The number of rotatable bonds is 7. The quantitative estimate of drug-likeness (QED) is 0.582. The topological polar surface area (TPSA) is 58.9 Å². The molecule has 2 aromatic rings. The van der Waals surface area contributed by atoms with Crippen LogP contribution in [0, 0.1) is 0 Å². The molecule has 20 heavy (non-hydrogen) atoms. The lowest BCUT2D eigenvalue weighted by Gasteiger charge is -2.10. The lowest BCUT2D eigenvalue weighted by Crippen LogP contribution is -2.33. The molecule has 0 spiro atoms. The summed E-state index contributed by atoms with van der Waals surface area (Å²) in [6.07, 6.45) is 0. The summed E-state index contributed by atoms with van der Waals surface area (Å²) in [6.45, 7) is 1.21. The van der Waals surface area contributed by atoms with Gasteiger partial charge in [0.05, 0.1) is 13.2 Å². The van der Waals surface area contributed by atoms with Crippen molar-refractivity contribution in [2.24, 2.45) is 0 Å². The minimum absolute atomic E-state index is 0.325. The standard InChI is InChI=1S/C15H17BO4/c17-16(18)15-9-5-4-6-13(15)12-19-10-11-20-14-7-2-1-3-8-14/h1-9,17-18H,10-12H2. The lowest BCUT2D eigenvalue weighted by molar-refractivity contribution is 0.0892. The Morgan fingerprint density at radius 2 is 1.55 bits per heavy atom. The maximum absolute atomic E-state index is 9.23. The Balaban J connectivity index is 1.74. The van der Waals surface area contributed by atoms with Crippen molar-refractivity contribution in [3.63, 3.8) is 0 Å². The van der Waals surface area contributed by atoms with Crippen LogP contribution in [0.25, 0.3) is 0 Å². The van der Waals surface area contributed by atoms with E-state index in [4.69, 9.17) is 9.47 Å². The van der Waals surface area contributed by atoms with Gasteiger partial charge < -0.3 is 19.5 Å². The Hall–Kier alpha value is -1.82. The Bertz CT molecular complexity index is 516. The van der Waals surface area contributed by atoms with Gasteiger partial charge in [-0.05, 0) is 23.2 Å². The largest absolute Gasteiger partial charge is 0.491 e. The van der Waals surface area contributed by atoms with Gasteiger partial charge in [0, 0.05) is 0 Å². The maximum Gasteiger partial charge on any atom is 0.488 e. The van der Waals surface area contributed by atoms with Crippen molar-refractivity contribution in [3.8, 4) is 5.75 Å². The van der Waals surface area contributed by atoms with Gasteiger partial charge >= 0.3 is 7.12 Å². The molecule has 0 heterocycles. The van der Waals surface area contributed by atoms with E-state index >= 15 is 0 Å². The van der Waals surface area contributed by atoms with Gasteiger partial charge in [0.1, 0.15) is 12.4 Å². The first-order valence-electron chi connectivity index (χ1n) is 6.47. The van der Waals surface area contributed by atoms with E-state index < -0.39 is 7.12 Å². The van der Waals surface area contributed by atoms with Crippen LogP contribution in [0.4, 0.5) is 0 Å². The second kappa shape index (κ2) is 7.70. The van der Waals surface area contributed by atoms with Crippen LogP contribution in [0.5, 0.6) is 5.75 Å². The smallest absolute Gasteiger partial charge is 0.488 e. The monoisotopic (exact) mass is 272 g/mol. The number of benzene rings is 2. The molecule has 0 radical (unpaired) electrons. The van der Waals surface area contributed by atoms with Crippen molar-refractivity contribution >= 4 is 12.6 Å². The van der Waals surface area contributed by atoms with Crippen LogP contribution in [0.3, 0.4) is 0 Å². The lowest BCUT2D eigenvalue weighted by atomic mass is 9.77. The molecule has 2 rings (SSSR count). The summed E-state index contributed by atoms with van der Waals surface area (Å²) in [7, 11) is -1.48. The van der Waals surface area contributed by atoms with Crippen molar-refractivity contribution in [2.75, 3.05) is 13.2 Å². The molecule has 4 nitrogen and oxygen atoms in total. The zero-order valence-corrected chi connectivity index (χ0v) is 11.1. The van der Waals surface area contributed by atoms with Crippen molar-refractivity contribution in [3.05, 3.63) is 60.2 Å². The van der Waals surface area contributed by atoms with E-state index in [9.17, 15) is 10.0 Å². The molecule has 0 fully saturated rings. The number of ether oxygens (including phenoxy) is 2. The third kappa shape index (κ3) is 4.38. The summed E-state index contributed by atoms with van der Waals surface area (Å²) in [4.78, 5) is 0. The highest BCUT2D eigenvalue weighted by Crippen LogP contribution is 2.07. The second-order valence-electron chi connectivity index (χ2n) is 4.29. The van der Waals surface area contributed by atoms with E-state index in [1.54, 1.807) is 12.1 Å². The molecule has 2 N–H and O–H groups in total. The predicted octanol–water partition coefficient (Wildman–Crippen LogP) is 0.962. The normalized spacial score (nSPS) is 10.3. The predicted molar refractivity (Wildman–Crippen MR) is 77.9 cm³/mol. The summed E-state index contributed by atoms with van der Waals surface area (Å²) in [5.41, 5.74) is 1.23. The van der Waals surface area contributed by atoms with Crippen LogP contribution in [0.15, 0.2) is 54.6 Å². The average Bonchev–Trinajstić information content (AvgIpc) is 2.48. The third-order valence-electron chi connectivity index (χ3n) is 2.83. The first kappa shape index (κ1) is 14.6. The van der Waals surface area contributed by atoms with Gasteiger partial charge in [-0.25, -0.2) is 0 Å². The highest BCUT2D eigenvalue weighted by atomic mass is 16.5. The van der Waals surface area contributed by atoms with E-state index in [-0.39, 0.29) is 0 Å².